The third-order valence-electron chi connectivity index (χ3n) is 3.42. The zero-order valence-electron chi connectivity index (χ0n) is 12.3. The number of aromatic hydroxyl groups is 2. The number of carbonyl (C=O) groups excluding carboxylic acids is 1. The van der Waals surface area contributed by atoms with Gasteiger partial charge in [-0.05, 0) is 48.6 Å². The summed E-state index contributed by atoms with van der Waals surface area (Å²) in [6.07, 6.45) is 3.12. The van der Waals surface area contributed by atoms with Crippen molar-refractivity contribution < 1.29 is 24.5 Å². The topological polar surface area (TPSA) is 76.0 Å². The van der Waals surface area contributed by atoms with Crippen LogP contribution in [0.25, 0.3) is 11.8 Å². The van der Waals surface area contributed by atoms with Gasteiger partial charge in [0.15, 0.2) is 0 Å². The molecule has 2 N–H and O–H groups in total. The van der Waals surface area contributed by atoms with Gasteiger partial charge in [0.25, 0.3) is 0 Å². The molecule has 5 nitrogen and oxygen atoms in total. The van der Waals surface area contributed by atoms with Crippen molar-refractivity contribution in [3.8, 4) is 17.2 Å². The monoisotopic (exact) mass is 310 g/mol. The van der Waals surface area contributed by atoms with Gasteiger partial charge in [0, 0.05) is 17.2 Å². The van der Waals surface area contributed by atoms with Crippen LogP contribution in [0.4, 0.5) is 0 Å². The Kier molecular flexibility index (Phi) is 3.76. The van der Waals surface area contributed by atoms with Gasteiger partial charge in [-0.2, -0.15) is 0 Å². The largest absolute Gasteiger partial charge is 0.508 e. The van der Waals surface area contributed by atoms with Crippen LogP contribution in [0.5, 0.6) is 17.2 Å². The molecule has 2 aromatic rings. The van der Waals surface area contributed by atoms with Gasteiger partial charge in [-0.15, -0.1) is 0 Å². The molecule has 0 fully saturated rings. The first-order valence-corrected chi connectivity index (χ1v) is 6.89. The van der Waals surface area contributed by atoms with Gasteiger partial charge in [0.1, 0.15) is 23.0 Å². The number of phenols is 2. The molecule has 1 heterocycles. The molecule has 2 aromatic carbocycles. The third kappa shape index (κ3) is 3.03. The highest BCUT2D eigenvalue weighted by molar-refractivity contribution is 6.05. The van der Waals surface area contributed by atoms with E-state index < -0.39 is 5.97 Å². The van der Waals surface area contributed by atoms with Crippen molar-refractivity contribution in [3.05, 3.63) is 65.2 Å². The second kappa shape index (κ2) is 5.88. The molecular weight excluding hydrogens is 296 g/mol. The number of rotatable bonds is 3. The summed E-state index contributed by atoms with van der Waals surface area (Å²) in [7, 11) is 1.58. The van der Waals surface area contributed by atoms with Crippen LogP contribution in [0.1, 0.15) is 11.1 Å². The summed E-state index contributed by atoms with van der Waals surface area (Å²) in [5, 5.41) is 19.1. The average Bonchev–Trinajstić information content (AvgIpc) is 2.91. The van der Waals surface area contributed by atoms with Crippen molar-refractivity contribution in [2.24, 2.45) is 0 Å². The van der Waals surface area contributed by atoms with Crippen molar-refractivity contribution in [1.29, 1.82) is 0 Å². The van der Waals surface area contributed by atoms with E-state index in [1.165, 1.54) is 24.3 Å². The molecule has 5 heteroatoms. The molecular formula is C18H14O5. The quantitative estimate of drug-likeness (QED) is 0.673. The second-order valence-electron chi connectivity index (χ2n) is 4.97. The lowest BCUT2D eigenvalue weighted by Gasteiger charge is -2.03. The molecule has 0 saturated heterocycles. The molecule has 0 aromatic heterocycles. The molecule has 0 atom stereocenters. The van der Waals surface area contributed by atoms with E-state index in [-0.39, 0.29) is 11.5 Å². The Bertz CT molecular complexity index is 816. The number of methoxy groups -OCH3 is 1. The fourth-order valence-electron chi connectivity index (χ4n) is 2.21. The van der Waals surface area contributed by atoms with Crippen LogP contribution >= 0.6 is 0 Å². The maximum absolute atomic E-state index is 12.0. The smallest absolute Gasteiger partial charge is 0.343 e. The maximum Gasteiger partial charge on any atom is 0.343 e. The van der Waals surface area contributed by atoms with E-state index in [0.717, 1.165) is 5.56 Å². The Morgan fingerprint density at radius 1 is 1.09 bits per heavy atom. The minimum Gasteiger partial charge on any atom is -0.508 e. The Balaban J connectivity index is 1.92. The van der Waals surface area contributed by atoms with Crippen molar-refractivity contribution in [1.82, 2.24) is 0 Å². The van der Waals surface area contributed by atoms with Crippen molar-refractivity contribution in [2.45, 2.75) is 0 Å². The highest BCUT2D eigenvalue weighted by Crippen LogP contribution is 2.31. The molecule has 1 aliphatic rings. The molecule has 0 unspecified atom stereocenters. The van der Waals surface area contributed by atoms with E-state index in [0.29, 0.717) is 22.6 Å². The summed E-state index contributed by atoms with van der Waals surface area (Å²) < 4.78 is 10.3. The highest BCUT2D eigenvalue weighted by atomic mass is 16.5. The van der Waals surface area contributed by atoms with E-state index in [9.17, 15) is 15.0 Å². The number of carbonyl (C=O) groups is 1. The summed E-state index contributed by atoms with van der Waals surface area (Å²) in [6.45, 7) is 0. The predicted octanol–water partition coefficient (Wildman–Crippen LogP) is 3.09. The first-order chi connectivity index (χ1) is 11.1. The lowest BCUT2D eigenvalue weighted by atomic mass is 10.1. The van der Waals surface area contributed by atoms with Gasteiger partial charge < -0.3 is 19.7 Å². The lowest BCUT2D eigenvalue weighted by Crippen LogP contribution is -1.97. The third-order valence-corrected chi connectivity index (χ3v) is 3.42. The minimum atomic E-state index is -0.497. The molecule has 116 valence electrons. The fraction of sp³-hybridized carbons (Fsp3) is 0.0556. The van der Waals surface area contributed by atoms with Gasteiger partial charge in [0.05, 0.1) is 12.7 Å². The number of esters is 1. The zero-order chi connectivity index (χ0) is 16.4. The van der Waals surface area contributed by atoms with Crippen molar-refractivity contribution in [2.75, 3.05) is 7.11 Å². The number of phenolic OH excluding ortho intramolecular Hbond substituents is 2. The average molecular weight is 310 g/mol. The van der Waals surface area contributed by atoms with Crippen LogP contribution in [0.15, 0.2) is 54.1 Å². The number of benzene rings is 2. The van der Waals surface area contributed by atoms with E-state index in [2.05, 4.69) is 0 Å². The Hall–Kier alpha value is -3.21. The van der Waals surface area contributed by atoms with Crippen LogP contribution in [0, 0.1) is 0 Å². The normalized spacial score (nSPS) is 15.4. The van der Waals surface area contributed by atoms with Crippen LogP contribution in [-0.2, 0) is 9.53 Å². The number of ether oxygens (including phenoxy) is 2. The van der Waals surface area contributed by atoms with Gasteiger partial charge in [-0.25, -0.2) is 4.79 Å². The molecule has 0 aliphatic carbocycles. The Morgan fingerprint density at radius 3 is 2.48 bits per heavy atom. The summed E-state index contributed by atoms with van der Waals surface area (Å²) in [5.74, 6) is 0.485. The van der Waals surface area contributed by atoms with Crippen LogP contribution in [0.3, 0.4) is 0 Å². The fourth-order valence-corrected chi connectivity index (χ4v) is 2.21. The van der Waals surface area contributed by atoms with Crippen LogP contribution in [-0.4, -0.2) is 23.3 Å². The van der Waals surface area contributed by atoms with Crippen LogP contribution < -0.4 is 4.74 Å². The first-order valence-electron chi connectivity index (χ1n) is 6.89. The first kappa shape index (κ1) is 14.7. The molecule has 0 amide bonds. The molecule has 1 aliphatic heterocycles. The van der Waals surface area contributed by atoms with Crippen molar-refractivity contribution >= 4 is 17.8 Å². The standard InChI is InChI=1S/C18H14O5/c1-22-15-6-3-11(4-7-15)17-9-13(18(21)23-17)8-12-2-5-14(19)10-16(12)20/h2-10,19-20H,1H3/b13-8-. The number of hydrogen-bond acceptors (Lipinski definition) is 5. The molecule has 23 heavy (non-hydrogen) atoms. The Morgan fingerprint density at radius 2 is 1.83 bits per heavy atom. The minimum absolute atomic E-state index is 0.0480. The summed E-state index contributed by atoms with van der Waals surface area (Å²) in [4.78, 5) is 12.0. The summed E-state index contributed by atoms with van der Waals surface area (Å²) >= 11 is 0. The second-order valence-corrected chi connectivity index (χ2v) is 4.97. The predicted molar refractivity (Wildman–Crippen MR) is 84.8 cm³/mol. The molecule has 0 bridgehead atoms. The highest BCUT2D eigenvalue weighted by Gasteiger charge is 2.22. The molecule has 0 radical (unpaired) electrons. The van der Waals surface area contributed by atoms with E-state index in [1.807, 2.05) is 0 Å². The molecule has 3 rings (SSSR count). The van der Waals surface area contributed by atoms with Gasteiger partial charge >= 0.3 is 5.97 Å². The van der Waals surface area contributed by atoms with E-state index in [1.54, 1.807) is 37.5 Å². The van der Waals surface area contributed by atoms with Gasteiger partial charge in [-0.3, -0.25) is 0 Å². The zero-order valence-corrected chi connectivity index (χ0v) is 12.3. The summed E-state index contributed by atoms with van der Waals surface area (Å²) in [5.41, 5.74) is 1.48. The Labute approximate surface area is 132 Å². The van der Waals surface area contributed by atoms with Gasteiger partial charge in [0.2, 0.25) is 0 Å². The molecule has 0 spiro atoms. The lowest BCUT2D eigenvalue weighted by molar-refractivity contribution is -0.130. The SMILES string of the molecule is COc1ccc(C2=C/C(=C/c3ccc(O)cc3O)C(=O)O2)cc1. The van der Waals surface area contributed by atoms with E-state index in [4.69, 9.17) is 9.47 Å². The number of cyclic esters (lactones) is 1. The van der Waals surface area contributed by atoms with Crippen LogP contribution in [0.2, 0.25) is 0 Å². The number of hydrogen-bond donors (Lipinski definition) is 2. The summed E-state index contributed by atoms with van der Waals surface area (Å²) in [6, 6.07) is 11.3. The van der Waals surface area contributed by atoms with E-state index >= 15 is 0 Å². The van der Waals surface area contributed by atoms with Crippen molar-refractivity contribution in [3.63, 3.8) is 0 Å². The molecule has 0 saturated carbocycles. The maximum atomic E-state index is 12.0. The van der Waals surface area contributed by atoms with Gasteiger partial charge in [-0.1, -0.05) is 0 Å².